The van der Waals surface area contributed by atoms with Crippen molar-refractivity contribution in [3.8, 4) is 0 Å². The zero-order valence-electron chi connectivity index (χ0n) is 11.0. The fraction of sp³-hybridized carbons (Fsp3) is 0.333. The number of aryl methyl sites for hydroxylation is 1. The number of hydrogen-bond donors (Lipinski definition) is 0. The molecule has 0 radical (unpaired) electrons. The van der Waals surface area contributed by atoms with Gasteiger partial charge in [-0.2, -0.15) is 0 Å². The molecule has 1 aliphatic rings. The van der Waals surface area contributed by atoms with Crippen LogP contribution in [0.3, 0.4) is 0 Å². The molecule has 0 aliphatic carbocycles. The number of imidazole rings is 1. The summed E-state index contributed by atoms with van der Waals surface area (Å²) in [4.78, 5) is 18.5. The maximum atomic E-state index is 11.9. The predicted molar refractivity (Wildman–Crippen MR) is 74.6 cm³/mol. The minimum atomic E-state index is -0.00504. The first-order valence-corrected chi connectivity index (χ1v) is 6.56. The second-order valence-corrected chi connectivity index (χ2v) is 4.91. The molecular formula is C15H17N3O. The number of rotatable bonds is 2. The summed E-state index contributed by atoms with van der Waals surface area (Å²) >= 11 is 0. The largest absolute Gasteiger partial charge is 0.329 e. The molecule has 1 aliphatic heterocycles. The summed E-state index contributed by atoms with van der Waals surface area (Å²) < 4.78 is 2.09. The van der Waals surface area contributed by atoms with E-state index in [2.05, 4.69) is 17.2 Å². The van der Waals surface area contributed by atoms with Gasteiger partial charge in [0.1, 0.15) is 5.82 Å². The van der Waals surface area contributed by atoms with E-state index >= 15 is 0 Å². The minimum absolute atomic E-state index is 0.00504. The average Bonchev–Trinajstić information content (AvgIpc) is 3.03. The topological polar surface area (TPSA) is 38.1 Å². The number of aromatic nitrogens is 2. The number of likely N-dealkylation sites (tertiary alicyclic amines) is 1. The summed E-state index contributed by atoms with van der Waals surface area (Å²) in [5.41, 5.74) is 2.09. The van der Waals surface area contributed by atoms with Crippen molar-refractivity contribution in [2.45, 2.75) is 18.9 Å². The molecule has 0 N–H and O–H groups in total. The predicted octanol–water partition coefficient (Wildman–Crippen LogP) is 2.42. The van der Waals surface area contributed by atoms with E-state index in [1.54, 1.807) is 0 Å². The molecule has 4 nitrogen and oxygen atoms in total. The van der Waals surface area contributed by atoms with Crippen LogP contribution in [0.2, 0.25) is 0 Å². The van der Waals surface area contributed by atoms with Crippen LogP contribution in [0.5, 0.6) is 0 Å². The third-order valence-corrected chi connectivity index (χ3v) is 3.83. The van der Waals surface area contributed by atoms with Crippen molar-refractivity contribution in [1.29, 1.82) is 0 Å². The number of benzene rings is 1. The molecular weight excluding hydrogens is 238 g/mol. The minimum Gasteiger partial charge on any atom is -0.329 e. The molecule has 1 fully saturated rings. The number of para-hydroxylation sites is 2. The van der Waals surface area contributed by atoms with E-state index in [1.165, 1.54) is 6.08 Å². The van der Waals surface area contributed by atoms with Gasteiger partial charge in [-0.3, -0.25) is 4.79 Å². The van der Waals surface area contributed by atoms with Crippen LogP contribution in [-0.4, -0.2) is 26.9 Å². The van der Waals surface area contributed by atoms with E-state index in [9.17, 15) is 4.79 Å². The Balaban J connectivity index is 2.06. The van der Waals surface area contributed by atoms with Gasteiger partial charge in [0.25, 0.3) is 0 Å². The highest BCUT2D eigenvalue weighted by atomic mass is 16.2. The van der Waals surface area contributed by atoms with E-state index in [0.29, 0.717) is 0 Å². The van der Waals surface area contributed by atoms with Crippen LogP contribution >= 0.6 is 0 Å². The molecule has 1 saturated heterocycles. The van der Waals surface area contributed by atoms with Crippen LogP contribution < -0.4 is 0 Å². The standard InChI is InChI=1S/C15H17N3O/c1-3-14(19)18-10-6-9-13(18)15-16-11-7-4-5-8-12(11)17(15)2/h3-5,7-8,13H,1,6,9-10H2,2H3. The lowest BCUT2D eigenvalue weighted by Crippen LogP contribution is -2.30. The molecule has 1 aromatic carbocycles. The van der Waals surface area contributed by atoms with Crippen molar-refractivity contribution >= 4 is 16.9 Å². The molecule has 1 amide bonds. The molecule has 1 aromatic heterocycles. The number of hydrogen-bond acceptors (Lipinski definition) is 2. The maximum Gasteiger partial charge on any atom is 0.246 e. The highest BCUT2D eigenvalue weighted by molar-refractivity contribution is 5.87. The SMILES string of the molecule is C=CC(=O)N1CCCC1c1nc2ccccc2n1C. The van der Waals surface area contributed by atoms with Gasteiger partial charge in [0.05, 0.1) is 17.1 Å². The normalized spacial score (nSPS) is 19.0. The molecule has 0 bridgehead atoms. The van der Waals surface area contributed by atoms with Crippen LogP contribution in [0.4, 0.5) is 0 Å². The van der Waals surface area contributed by atoms with E-state index in [4.69, 9.17) is 4.98 Å². The second-order valence-electron chi connectivity index (χ2n) is 4.91. The summed E-state index contributed by atoms with van der Waals surface area (Å²) in [6, 6.07) is 8.13. The molecule has 4 heteroatoms. The summed E-state index contributed by atoms with van der Waals surface area (Å²) in [6.07, 6.45) is 3.38. The van der Waals surface area contributed by atoms with Crippen molar-refractivity contribution in [2.75, 3.05) is 6.54 Å². The molecule has 2 aromatic rings. The van der Waals surface area contributed by atoms with Crippen molar-refractivity contribution < 1.29 is 4.79 Å². The van der Waals surface area contributed by atoms with Crippen LogP contribution in [0.1, 0.15) is 24.7 Å². The zero-order valence-corrected chi connectivity index (χ0v) is 11.0. The third kappa shape index (κ3) is 1.84. The average molecular weight is 255 g/mol. The quantitative estimate of drug-likeness (QED) is 0.773. The Labute approximate surface area is 112 Å². The van der Waals surface area contributed by atoms with E-state index in [-0.39, 0.29) is 11.9 Å². The first-order chi connectivity index (χ1) is 9.22. The van der Waals surface area contributed by atoms with Gasteiger partial charge in [-0.25, -0.2) is 4.98 Å². The van der Waals surface area contributed by atoms with E-state index in [1.807, 2.05) is 30.1 Å². The van der Waals surface area contributed by atoms with Crippen molar-refractivity contribution in [3.05, 3.63) is 42.7 Å². The molecule has 3 rings (SSSR count). The Morgan fingerprint density at radius 2 is 2.26 bits per heavy atom. The van der Waals surface area contributed by atoms with Gasteiger partial charge in [0.15, 0.2) is 0 Å². The number of carbonyl (C=O) groups is 1. The number of amides is 1. The van der Waals surface area contributed by atoms with Crippen molar-refractivity contribution in [1.82, 2.24) is 14.5 Å². The summed E-state index contributed by atoms with van der Waals surface area (Å²) in [5, 5.41) is 0. The third-order valence-electron chi connectivity index (χ3n) is 3.83. The Morgan fingerprint density at radius 3 is 3.00 bits per heavy atom. The molecule has 0 spiro atoms. The van der Waals surface area contributed by atoms with Gasteiger partial charge >= 0.3 is 0 Å². The highest BCUT2D eigenvalue weighted by Gasteiger charge is 2.31. The van der Waals surface area contributed by atoms with Crippen LogP contribution in [0, 0.1) is 0 Å². The summed E-state index contributed by atoms with van der Waals surface area (Å²) in [7, 11) is 2.01. The Hall–Kier alpha value is -2.10. The van der Waals surface area contributed by atoms with E-state index in [0.717, 1.165) is 36.2 Å². The van der Waals surface area contributed by atoms with Gasteiger partial charge in [-0.1, -0.05) is 18.7 Å². The molecule has 0 saturated carbocycles. The molecule has 19 heavy (non-hydrogen) atoms. The van der Waals surface area contributed by atoms with Crippen LogP contribution in [-0.2, 0) is 11.8 Å². The summed E-state index contributed by atoms with van der Waals surface area (Å²) in [6.45, 7) is 4.37. The number of nitrogens with zero attached hydrogens (tertiary/aromatic N) is 3. The lowest BCUT2D eigenvalue weighted by Gasteiger charge is -2.22. The van der Waals surface area contributed by atoms with Crippen LogP contribution in [0.15, 0.2) is 36.9 Å². The second kappa shape index (κ2) is 4.53. The lowest BCUT2D eigenvalue weighted by molar-refractivity contribution is -0.127. The van der Waals surface area contributed by atoms with Gasteiger partial charge in [0, 0.05) is 13.6 Å². The zero-order chi connectivity index (χ0) is 13.4. The highest BCUT2D eigenvalue weighted by Crippen LogP contribution is 2.32. The van der Waals surface area contributed by atoms with Crippen LogP contribution in [0.25, 0.3) is 11.0 Å². The molecule has 1 atom stereocenters. The van der Waals surface area contributed by atoms with Gasteiger partial charge in [0.2, 0.25) is 5.91 Å². The lowest BCUT2D eigenvalue weighted by atomic mass is 10.2. The number of carbonyl (C=O) groups excluding carboxylic acids is 1. The molecule has 2 heterocycles. The fourth-order valence-corrected chi connectivity index (χ4v) is 2.88. The summed E-state index contributed by atoms with van der Waals surface area (Å²) in [5.74, 6) is 0.962. The first kappa shape index (κ1) is 12.0. The first-order valence-electron chi connectivity index (χ1n) is 6.56. The van der Waals surface area contributed by atoms with E-state index < -0.39 is 0 Å². The monoisotopic (exact) mass is 255 g/mol. The Bertz CT molecular complexity index is 644. The van der Waals surface area contributed by atoms with Gasteiger partial charge in [-0.15, -0.1) is 0 Å². The van der Waals surface area contributed by atoms with Gasteiger partial charge in [-0.05, 0) is 31.1 Å². The Kier molecular flexibility index (Phi) is 2.85. The van der Waals surface area contributed by atoms with Crippen molar-refractivity contribution in [3.63, 3.8) is 0 Å². The van der Waals surface area contributed by atoms with Crippen molar-refractivity contribution in [2.24, 2.45) is 7.05 Å². The molecule has 98 valence electrons. The smallest absolute Gasteiger partial charge is 0.246 e. The Morgan fingerprint density at radius 1 is 1.47 bits per heavy atom. The maximum absolute atomic E-state index is 11.9. The number of fused-ring (bicyclic) bond motifs is 1. The fourth-order valence-electron chi connectivity index (χ4n) is 2.88. The van der Waals surface area contributed by atoms with Gasteiger partial charge < -0.3 is 9.47 Å². The molecule has 1 unspecified atom stereocenters.